The maximum absolute atomic E-state index is 6.69. The van der Waals surface area contributed by atoms with Crippen LogP contribution < -0.4 is 17.7 Å². The molecule has 1 aliphatic rings. The molecule has 4 nitrogen and oxygen atoms in total. The van der Waals surface area contributed by atoms with E-state index in [0.29, 0.717) is 0 Å². The van der Waals surface area contributed by atoms with Crippen LogP contribution in [0.1, 0.15) is 0 Å². The quantitative estimate of drug-likeness (QED) is 0.163. The van der Waals surface area contributed by atoms with Crippen molar-refractivity contribution in [1.82, 2.24) is 14.5 Å². The number of hydrogen-bond acceptors (Lipinski definition) is 3. The molecular weight excluding hydrogens is 755 g/mol. The number of nitrogens with zero attached hydrogens (tertiary/aromatic N) is 3. The molecule has 12 rings (SSSR count). The molecule has 57 heavy (non-hydrogen) atoms. The van der Waals surface area contributed by atoms with Gasteiger partial charge < -0.3 is 0 Å². The van der Waals surface area contributed by atoms with Crippen LogP contribution in [0.15, 0.2) is 205 Å². The summed E-state index contributed by atoms with van der Waals surface area (Å²) in [5.41, 5.74) is 10.4. The Kier molecular flexibility index (Phi) is 7.07. The van der Waals surface area contributed by atoms with Gasteiger partial charge in [-0.1, -0.05) is 12.1 Å². The molecule has 5 heteroatoms. The van der Waals surface area contributed by atoms with Gasteiger partial charge in [-0.15, -0.1) is 0 Å². The third kappa shape index (κ3) is 4.62. The normalized spacial score (nSPS) is 13.1. The molecule has 11 aromatic rings. The molecule has 0 amide bonds. The van der Waals surface area contributed by atoms with E-state index in [9.17, 15) is 0 Å². The SMILES string of the molecule is c1ccc(-c2nc(-c3cccc(-n4c5ccccc5c5ccc6c7ccccc7oc6c54)c3)n[c]3c2-c2cccc[c]2[Ge]3([c]2ccccc2)[c]2ccccc2)cc1. The van der Waals surface area contributed by atoms with E-state index in [0.717, 1.165) is 72.3 Å². The second-order valence-electron chi connectivity index (χ2n) is 14.9. The van der Waals surface area contributed by atoms with Crippen molar-refractivity contribution in [2.75, 3.05) is 0 Å². The summed E-state index contributed by atoms with van der Waals surface area (Å²) in [6.07, 6.45) is 0. The molecule has 0 saturated carbocycles. The summed E-state index contributed by atoms with van der Waals surface area (Å²) in [5.74, 6) is 0.721. The molecule has 266 valence electrons. The van der Waals surface area contributed by atoms with Crippen LogP contribution in [0.2, 0.25) is 0 Å². The van der Waals surface area contributed by atoms with Crippen LogP contribution in [0.4, 0.5) is 0 Å². The van der Waals surface area contributed by atoms with Crippen LogP contribution in [0.3, 0.4) is 0 Å². The van der Waals surface area contributed by atoms with Gasteiger partial charge in [0.15, 0.2) is 0 Å². The van der Waals surface area contributed by atoms with Crippen molar-refractivity contribution in [3.05, 3.63) is 200 Å². The van der Waals surface area contributed by atoms with Crippen LogP contribution in [0.5, 0.6) is 0 Å². The van der Waals surface area contributed by atoms with Gasteiger partial charge in [0.25, 0.3) is 0 Å². The first-order valence-electron chi connectivity index (χ1n) is 19.4. The Bertz CT molecular complexity index is 3310. The van der Waals surface area contributed by atoms with E-state index in [1.807, 2.05) is 6.07 Å². The fraction of sp³-hybridized carbons (Fsp3) is 0. The molecule has 0 fully saturated rings. The molecule has 3 aromatic heterocycles. The van der Waals surface area contributed by atoms with Crippen molar-refractivity contribution in [3.8, 4) is 39.5 Å². The van der Waals surface area contributed by atoms with E-state index in [1.165, 1.54) is 28.7 Å². The number of fused-ring (bicyclic) bond motifs is 10. The Morgan fingerprint density at radius 1 is 0.474 bits per heavy atom. The van der Waals surface area contributed by atoms with Crippen LogP contribution in [0, 0.1) is 0 Å². The minimum absolute atomic E-state index is 0.721. The first-order chi connectivity index (χ1) is 28.3. The number of hydrogen-bond donors (Lipinski definition) is 0. The van der Waals surface area contributed by atoms with Gasteiger partial charge in [-0.3, -0.25) is 0 Å². The average molecular weight is 788 g/mol. The van der Waals surface area contributed by atoms with Gasteiger partial charge in [0.1, 0.15) is 0 Å². The molecule has 0 unspecified atom stereocenters. The first-order valence-corrected chi connectivity index (χ1v) is 23.6. The van der Waals surface area contributed by atoms with Crippen LogP contribution in [-0.4, -0.2) is 27.8 Å². The van der Waals surface area contributed by atoms with Crippen molar-refractivity contribution in [1.29, 1.82) is 0 Å². The van der Waals surface area contributed by atoms with Crippen molar-refractivity contribution in [2.45, 2.75) is 0 Å². The number of rotatable bonds is 5. The summed E-state index contributed by atoms with van der Waals surface area (Å²) in [7, 11) is 0. The summed E-state index contributed by atoms with van der Waals surface area (Å²) >= 11 is -3.69. The van der Waals surface area contributed by atoms with Crippen LogP contribution >= 0.6 is 0 Å². The zero-order valence-electron chi connectivity index (χ0n) is 30.8. The Hall–Kier alpha value is -7.02. The summed E-state index contributed by atoms with van der Waals surface area (Å²) < 4.78 is 14.3. The van der Waals surface area contributed by atoms with Crippen molar-refractivity contribution in [2.24, 2.45) is 0 Å². The number of furan rings is 1. The number of aromatic nitrogens is 3. The second-order valence-corrected chi connectivity index (χ2v) is 22.5. The minimum atomic E-state index is -3.69. The van der Waals surface area contributed by atoms with Gasteiger partial charge in [0.2, 0.25) is 0 Å². The van der Waals surface area contributed by atoms with Gasteiger partial charge in [-0.05, 0) is 0 Å². The Morgan fingerprint density at radius 2 is 1.11 bits per heavy atom. The number of benzene rings is 8. The van der Waals surface area contributed by atoms with Crippen LogP contribution in [0.25, 0.3) is 83.2 Å². The molecule has 0 spiro atoms. The van der Waals surface area contributed by atoms with Gasteiger partial charge in [0, 0.05) is 0 Å². The van der Waals surface area contributed by atoms with E-state index in [1.54, 1.807) is 0 Å². The van der Waals surface area contributed by atoms with E-state index in [2.05, 4.69) is 199 Å². The summed E-state index contributed by atoms with van der Waals surface area (Å²) in [6, 6.07) is 72.0. The predicted molar refractivity (Wildman–Crippen MR) is 237 cm³/mol. The van der Waals surface area contributed by atoms with E-state index < -0.39 is 13.3 Å². The van der Waals surface area contributed by atoms with Gasteiger partial charge in [0.05, 0.1) is 0 Å². The summed E-state index contributed by atoms with van der Waals surface area (Å²) in [5, 5.41) is 4.56. The van der Waals surface area contributed by atoms with Crippen molar-refractivity contribution in [3.63, 3.8) is 0 Å². The molecule has 8 aromatic carbocycles. The standard InChI is InChI=1S/C52H33GeN3O/c1-4-17-34(18-5-1)48-47-43-27-10-13-28-44(43)53(36-20-6-2-7-21-36,37-22-8-3-9-23-37)51(47)55-52(54-48)35-19-16-24-38(33-35)56-45-29-14-11-25-39(45)41-31-32-42-40-26-12-15-30-46(40)57-50(42)49(41)56/h1-33H. The van der Waals surface area contributed by atoms with E-state index >= 15 is 0 Å². The molecule has 4 heterocycles. The Morgan fingerprint density at radius 3 is 1.89 bits per heavy atom. The third-order valence-corrected chi connectivity index (χ3v) is 21.8. The zero-order chi connectivity index (χ0) is 37.5. The molecular formula is C52H33GeN3O. The van der Waals surface area contributed by atoms with E-state index in [-0.39, 0.29) is 0 Å². The topological polar surface area (TPSA) is 43.9 Å². The monoisotopic (exact) mass is 789 g/mol. The fourth-order valence-electron chi connectivity index (χ4n) is 9.49. The molecule has 0 radical (unpaired) electrons. The zero-order valence-corrected chi connectivity index (χ0v) is 32.9. The van der Waals surface area contributed by atoms with Crippen molar-refractivity contribution < 1.29 is 4.42 Å². The Labute approximate surface area is 331 Å². The summed E-state index contributed by atoms with van der Waals surface area (Å²) in [6.45, 7) is 0. The van der Waals surface area contributed by atoms with Gasteiger partial charge in [-0.25, -0.2) is 0 Å². The molecule has 0 saturated heterocycles. The number of para-hydroxylation sites is 2. The molecule has 0 N–H and O–H groups in total. The molecule has 1 aliphatic heterocycles. The van der Waals surface area contributed by atoms with E-state index in [4.69, 9.17) is 14.4 Å². The molecule has 0 bridgehead atoms. The second kappa shape index (κ2) is 12.5. The van der Waals surface area contributed by atoms with Gasteiger partial charge >= 0.3 is 321 Å². The average Bonchev–Trinajstić information content (AvgIpc) is 3.94. The first kappa shape index (κ1) is 32.2. The predicted octanol–water partition coefficient (Wildman–Crippen LogP) is 10.2. The van der Waals surface area contributed by atoms with Crippen molar-refractivity contribution >= 4 is 74.7 Å². The molecule has 0 atom stereocenters. The van der Waals surface area contributed by atoms with Crippen LogP contribution in [-0.2, 0) is 0 Å². The Balaban J connectivity index is 1.16. The molecule has 0 aliphatic carbocycles. The maximum atomic E-state index is 6.69. The third-order valence-electron chi connectivity index (χ3n) is 11.9. The summed E-state index contributed by atoms with van der Waals surface area (Å²) in [4.78, 5) is 11.4. The van der Waals surface area contributed by atoms with Gasteiger partial charge in [-0.2, -0.15) is 0 Å². The fourth-order valence-corrected chi connectivity index (χ4v) is 20.0.